The van der Waals surface area contributed by atoms with Gasteiger partial charge in [-0.2, -0.15) is 0 Å². The molecule has 2 rings (SSSR count). The first-order valence-electron chi connectivity index (χ1n) is 6.63. The zero-order chi connectivity index (χ0) is 14.5. The predicted octanol–water partition coefficient (Wildman–Crippen LogP) is 4.58. The monoisotopic (exact) mass is 357 g/mol. The molecular formula is C15H17BrFNOS. The molecule has 0 radical (unpaired) electrons. The van der Waals surface area contributed by atoms with Crippen LogP contribution in [0.4, 0.5) is 4.39 Å². The van der Waals surface area contributed by atoms with E-state index in [4.69, 9.17) is 0 Å². The van der Waals surface area contributed by atoms with Gasteiger partial charge in [0, 0.05) is 16.6 Å². The van der Waals surface area contributed by atoms with Gasteiger partial charge in [0.15, 0.2) is 0 Å². The molecular weight excluding hydrogens is 341 g/mol. The Balaban J connectivity index is 1.91. The molecule has 1 atom stereocenters. The van der Waals surface area contributed by atoms with Crippen LogP contribution in [0.3, 0.4) is 0 Å². The second-order valence-corrected chi connectivity index (χ2v) is 6.68. The fourth-order valence-electron chi connectivity index (χ4n) is 1.93. The smallest absolute Gasteiger partial charge is 0.261 e. The summed E-state index contributed by atoms with van der Waals surface area (Å²) in [5, 5.41) is 4.82. The third kappa shape index (κ3) is 4.03. The molecule has 0 aliphatic carbocycles. The maximum absolute atomic E-state index is 13.1. The summed E-state index contributed by atoms with van der Waals surface area (Å²) in [5.41, 5.74) is 0. The number of rotatable bonds is 6. The van der Waals surface area contributed by atoms with E-state index >= 15 is 0 Å². The number of carbonyl (C=O) groups excluding carboxylic acids is 1. The highest BCUT2D eigenvalue weighted by molar-refractivity contribution is 9.09. The second kappa shape index (κ2) is 7.18. The molecule has 0 spiro atoms. The molecule has 0 bridgehead atoms. The number of benzene rings is 1. The highest BCUT2D eigenvalue weighted by Gasteiger charge is 2.10. The first-order chi connectivity index (χ1) is 9.60. The van der Waals surface area contributed by atoms with E-state index < -0.39 is 0 Å². The van der Waals surface area contributed by atoms with Crippen LogP contribution in [0, 0.1) is 11.7 Å². The van der Waals surface area contributed by atoms with Crippen molar-refractivity contribution in [2.24, 2.45) is 5.92 Å². The van der Waals surface area contributed by atoms with Gasteiger partial charge in [0.05, 0.1) is 4.88 Å². The number of alkyl halides is 1. The predicted molar refractivity (Wildman–Crippen MR) is 86.3 cm³/mol. The summed E-state index contributed by atoms with van der Waals surface area (Å²) in [6, 6.07) is 6.40. The van der Waals surface area contributed by atoms with Gasteiger partial charge in [-0.15, -0.1) is 11.3 Å². The minimum absolute atomic E-state index is 0.0712. The van der Waals surface area contributed by atoms with Crippen molar-refractivity contribution in [2.45, 2.75) is 19.8 Å². The minimum Gasteiger partial charge on any atom is -0.351 e. The number of amides is 1. The van der Waals surface area contributed by atoms with Crippen molar-refractivity contribution < 1.29 is 9.18 Å². The fourth-order valence-corrected chi connectivity index (χ4v) is 3.26. The maximum atomic E-state index is 13.1. The van der Waals surface area contributed by atoms with Crippen molar-refractivity contribution in [3.05, 3.63) is 35.0 Å². The van der Waals surface area contributed by atoms with Crippen LogP contribution < -0.4 is 5.32 Å². The lowest BCUT2D eigenvalue weighted by Crippen LogP contribution is -2.23. The van der Waals surface area contributed by atoms with E-state index in [1.165, 1.54) is 23.5 Å². The Morgan fingerprint density at radius 3 is 3.00 bits per heavy atom. The molecule has 0 fully saturated rings. The molecule has 0 aliphatic heterocycles. The van der Waals surface area contributed by atoms with Gasteiger partial charge in [-0.05, 0) is 42.3 Å². The molecule has 2 aromatic rings. The molecule has 1 heterocycles. The number of carbonyl (C=O) groups is 1. The van der Waals surface area contributed by atoms with Gasteiger partial charge < -0.3 is 5.32 Å². The maximum Gasteiger partial charge on any atom is 0.261 e. The summed E-state index contributed by atoms with van der Waals surface area (Å²) in [6.45, 7) is 2.86. The second-order valence-electron chi connectivity index (χ2n) is 4.95. The topological polar surface area (TPSA) is 29.1 Å². The molecule has 1 aromatic carbocycles. The minimum atomic E-state index is -0.268. The van der Waals surface area contributed by atoms with Crippen LogP contribution in [-0.2, 0) is 0 Å². The molecule has 0 saturated heterocycles. The molecule has 20 heavy (non-hydrogen) atoms. The molecule has 1 amide bonds. The average Bonchev–Trinajstić information content (AvgIpc) is 2.86. The number of hydrogen-bond acceptors (Lipinski definition) is 2. The first kappa shape index (κ1) is 15.4. The van der Waals surface area contributed by atoms with Gasteiger partial charge >= 0.3 is 0 Å². The van der Waals surface area contributed by atoms with Crippen molar-refractivity contribution in [3.8, 4) is 0 Å². The summed E-state index contributed by atoms with van der Waals surface area (Å²) < 4.78 is 13.9. The highest BCUT2D eigenvalue weighted by Crippen LogP contribution is 2.26. The quantitative estimate of drug-likeness (QED) is 0.594. The Bertz CT molecular complexity index is 599. The standard InChI is InChI=1S/C15H17BrFNOS/c1-10(9-16)3-2-6-18-15(19)14-7-11-4-5-12(17)8-13(11)20-14/h4-5,7-8,10H,2-3,6,9H2,1H3,(H,18,19). The van der Waals surface area contributed by atoms with Crippen molar-refractivity contribution in [3.63, 3.8) is 0 Å². The summed E-state index contributed by atoms with van der Waals surface area (Å²) in [5.74, 6) is 0.285. The first-order valence-corrected chi connectivity index (χ1v) is 8.57. The normalized spacial score (nSPS) is 12.6. The lowest BCUT2D eigenvalue weighted by molar-refractivity contribution is 0.0956. The Kier molecular flexibility index (Phi) is 5.54. The van der Waals surface area contributed by atoms with Crippen molar-refractivity contribution >= 4 is 43.3 Å². The largest absolute Gasteiger partial charge is 0.351 e. The van der Waals surface area contributed by atoms with Gasteiger partial charge in [-0.3, -0.25) is 4.79 Å². The number of nitrogens with one attached hydrogen (secondary N) is 1. The van der Waals surface area contributed by atoms with E-state index in [2.05, 4.69) is 28.2 Å². The zero-order valence-electron chi connectivity index (χ0n) is 11.3. The molecule has 1 aromatic heterocycles. The molecule has 2 nitrogen and oxygen atoms in total. The van der Waals surface area contributed by atoms with E-state index in [0.717, 1.165) is 28.3 Å². The molecule has 108 valence electrons. The molecule has 0 aliphatic rings. The molecule has 1 unspecified atom stereocenters. The van der Waals surface area contributed by atoms with Crippen LogP contribution in [0.15, 0.2) is 24.3 Å². The van der Waals surface area contributed by atoms with Crippen LogP contribution in [0.25, 0.3) is 10.1 Å². The van der Waals surface area contributed by atoms with Crippen LogP contribution in [0.5, 0.6) is 0 Å². The molecule has 5 heteroatoms. The third-order valence-corrected chi connectivity index (χ3v) is 5.33. The number of hydrogen-bond donors (Lipinski definition) is 1. The van der Waals surface area contributed by atoms with Crippen LogP contribution in [-0.4, -0.2) is 17.8 Å². The van der Waals surface area contributed by atoms with Gasteiger partial charge in [-0.1, -0.05) is 28.9 Å². The van der Waals surface area contributed by atoms with Crippen LogP contribution >= 0.6 is 27.3 Å². The van der Waals surface area contributed by atoms with E-state index in [9.17, 15) is 9.18 Å². The Hall–Kier alpha value is -0.940. The van der Waals surface area contributed by atoms with Gasteiger partial charge in [-0.25, -0.2) is 4.39 Å². The number of thiophene rings is 1. The van der Waals surface area contributed by atoms with Gasteiger partial charge in [0.1, 0.15) is 5.82 Å². The van der Waals surface area contributed by atoms with E-state index in [0.29, 0.717) is 17.3 Å². The third-order valence-electron chi connectivity index (χ3n) is 3.13. The van der Waals surface area contributed by atoms with E-state index in [1.54, 1.807) is 6.07 Å². The summed E-state index contributed by atoms with van der Waals surface area (Å²) in [6.07, 6.45) is 2.06. The van der Waals surface area contributed by atoms with Crippen molar-refractivity contribution in [2.75, 3.05) is 11.9 Å². The van der Waals surface area contributed by atoms with Gasteiger partial charge in [0.25, 0.3) is 5.91 Å². The summed E-state index contributed by atoms with van der Waals surface area (Å²) in [4.78, 5) is 12.6. The van der Waals surface area contributed by atoms with Crippen LogP contribution in [0.1, 0.15) is 29.4 Å². The zero-order valence-corrected chi connectivity index (χ0v) is 13.7. The van der Waals surface area contributed by atoms with E-state index in [-0.39, 0.29) is 11.7 Å². The summed E-state index contributed by atoms with van der Waals surface area (Å²) >= 11 is 4.77. The van der Waals surface area contributed by atoms with Gasteiger partial charge in [0.2, 0.25) is 0 Å². The van der Waals surface area contributed by atoms with E-state index in [1.807, 2.05) is 6.07 Å². The van der Waals surface area contributed by atoms with Crippen molar-refractivity contribution in [1.82, 2.24) is 5.32 Å². The highest BCUT2D eigenvalue weighted by atomic mass is 79.9. The number of halogens is 2. The Morgan fingerprint density at radius 2 is 2.25 bits per heavy atom. The molecule has 1 N–H and O–H groups in total. The summed E-state index contributed by atoms with van der Waals surface area (Å²) in [7, 11) is 0. The lowest BCUT2D eigenvalue weighted by Gasteiger charge is -2.07. The van der Waals surface area contributed by atoms with Crippen LogP contribution in [0.2, 0.25) is 0 Å². The fraction of sp³-hybridized carbons (Fsp3) is 0.400. The lowest BCUT2D eigenvalue weighted by atomic mass is 10.1. The Morgan fingerprint density at radius 1 is 1.45 bits per heavy atom. The number of fused-ring (bicyclic) bond motifs is 1. The average molecular weight is 358 g/mol. The molecule has 0 saturated carbocycles. The van der Waals surface area contributed by atoms with Crippen molar-refractivity contribution in [1.29, 1.82) is 0 Å². The Labute approximate surface area is 130 Å². The SMILES string of the molecule is CC(CBr)CCCNC(=O)c1cc2ccc(F)cc2s1.